The smallest absolute Gasteiger partial charge is 0.243 e. The second kappa shape index (κ2) is 9.56. The van der Waals surface area contributed by atoms with Crippen molar-refractivity contribution < 1.29 is 17.6 Å². The number of nitrogens with one attached hydrogen (secondary N) is 2. The molecular weight excluding hydrogens is 390 g/mol. The van der Waals surface area contributed by atoms with E-state index < -0.39 is 16.1 Å². The monoisotopic (exact) mass is 421 g/mol. The average molecular weight is 422 g/mol. The minimum atomic E-state index is -3.61. The van der Waals surface area contributed by atoms with Gasteiger partial charge < -0.3 is 9.73 Å². The van der Waals surface area contributed by atoms with E-state index in [4.69, 9.17) is 4.42 Å². The normalized spacial score (nSPS) is 14.0. The molecule has 7 nitrogen and oxygen atoms in total. The Bertz CT molecular complexity index is 949. The van der Waals surface area contributed by atoms with Gasteiger partial charge in [0.25, 0.3) is 0 Å². The number of carbonyl (C=O) groups is 1. The maximum absolute atomic E-state index is 12.9. The van der Waals surface area contributed by atoms with Crippen LogP contribution in [-0.4, -0.2) is 37.8 Å². The number of furan rings is 1. The topological polar surface area (TPSA) is 91.7 Å². The molecule has 1 aromatic heterocycles. The summed E-state index contributed by atoms with van der Waals surface area (Å²) >= 11 is 0. The highest BCUT2D eigenvalue weighted by atomic mass is 32.2. The fraction of sp³-hybridized carbons (Fsp3) is 0.476. The van der Waals surface area contributed by atoms with Crippen LogP contribution in [0.25, 0.3) is 0 Å². The van der Waals surface area contributed by atoms with Gasteiger partial charge >= 0.3 is 0 Å². The van der Waals surface area contributed by atoms with E-state index in [0.29, 0.717) is 24.3 Å². The molecule has 1 aromatic carbocycles. The van der Waals surface area contributed by atoms with E-state index in [1.807, 2.05) is 26.0 Å². The first-order valence-electron chi connectivity index (χ1n) is 9.84. The van der Waals surface area contributed by atoms with Crippen LogP contribution in [-0.2, 0) is 14.8 Å². The van der Waals surface area contributed by atoms with E-state index in [1.54, 1.807) is 39.8 Å². The highest BCUT2D eigenvalue weighted by Crippen LogP contribution is 2.24. The second-order valence-electron chi connectivity index (χ2n) is 7.12. The third-order valence-electron chi connectivity index (χ3n) is 4.86. The number of amides is 1. The molecule has 0 aliphatic heterocycles. The summed E-state index contributed by atoms with van der Waals surface area (Å²) in [6.07, 6.45) is 0. The molecule has 0 radical (unpaired) electrons. The number of sulfonamides is 1. The number of benzene rings is 1. The summed E-state index contributed by atoms with van der Waals surface area (Å²) in [6, 6.07) is 8.05. The van der Waals surface area contributed by atoms with E-state index in [9.17, 15) is 13.2 Å². The van der Waals surface area contributed by atoms with Crippen LogP contribution in [0.1, 0.15) is 50.8 Å². The Labute approximate surface area is 173 Å². The standard InChI is InChI=1S/C21H31N3O4S/c1-7-24(8-2)29(26,27)20-13-18(11-9-14(20)3)23-21(25)17(6)22-16(5)19-12-10-15(4)28-19/h9-13,16-17,22H,7-8H2,1-6H3,(H,23,25). The van der Waals surface area contributed by atoms with Crippen molar-refractivity contribution in [3.63, 3.8) is 0 Å². The fourth-order valence-corrected chi connectivity index (χ4v) is 4.84. The third kappa shape index (κ3) is 5.46. The lowest BCUT2D eigenvalue weighted by Crippen LogP contribution is -2.39. The number of carbonyl (C=O) groups excluding carboxylic acids is 1. The van der Waals surface area contributed by atoms with Crippen molar-refractivity contribution in [3.8, 4) is 0 Å². The van der Waals surface area contributed by atoms with Gasteiger partial charge in [0.2, 0.25) is 15.9 Å². The van der Waals surface area contributed by atoms with Crippen LogP contribution in [0.4, 0.5) is 5.69 Å². The molecule has 2 aromatic rings. The summed E-state index contributed by atoms with van der Waals surface area (Å²) in [6.45, 7) is 11.7. The molecule has 0 fully saturated rings. The van der Waals surface area contributed by atoms with Gasteiger partial charge in [-0.05, 0) is 57.5 Å². The van der Waals surface area contributed by atoms with Crippen molar-refractivity contribution in [3.05, 3.63) is 47.4 Å². The molecule has 2 atom stereocenters. The first kappa shape index (κ1) is 23.1. The molecule has 2 N–H and O–H groups in total. The Morgan fingerprint density at radius 1 is 1.10 bits per heavy atom. The van der Waals surface area contributed by atoms with Gasteiger partial charge in [-0.1, -0.05) is 19.9 Å². The van der Waals surface area contributed by atoms with Crippen molar-refractivity contribution in [1.29, 1.82) is 0 Å². The summed E-state index contributed by atoms with van der Waals surface area (Å²) in [5.41, 5.74) is 1.09. The molecular formula is C21H31N3O4S. The summed E-state index contributed by atoms with van der Waals surface area (Å²) in [5, 5.41) is 5.99. The number of rotatable bonds is 9. The Kier molecular flexibility index (Phi) is 7.62. The molecule has 8 heteroatoms. The molecule has 0 aliphatic rings. The number of hydrogen-bond acceptors (Lipinski definition) is 5. The second-order valence-corrected chi connectivity index (χ2v) is 9.02. The van der Waals surface area contributed by atoms with Gasteiger partial charge in [-0.15, -0.1) is 0 Å². The molecule has 0 bridgehead atoms. The number of hydrogen-bond donors (Lipinski definition) is 2. The van der Waals surface area contributed by atoms with E-state index in [2.05, 4.69) is 10.6 Å². The fourth-order valence-electron chi connectivity index (χ4n) is 3.13. The van der Waals surface area contributed by atoms with E-state index in [0.717, 1.165) is 11.5 Å². The molecule has 2 unspecified atom stereocenters. The highest BCUT2D eigenvalue weighted by Gasteiger charge is 2.24. The molecule has 2 rings (SSSR count). The van der Waals surface area contributed by atoms with Gasteiger partial charge in [0.15, 0.2) is 0 Å². The van der Waals surface area contributed by atoms with Crippen LogP contribution >= 0.6 is 0 Å². The van der Waals surface area contributed by atoms with Crippen LogP contribution < -0.4 is 10.6 Å². The Hall–Kier alpha value is -2.16. The first-order chi connectivity index (χ1) is 13.6. The van der Waals surface area contributed by atoms with Crippen molar-refractivity contribution in [1.82, 2.24) is 9.62 Å². The van der Waals surface area contributed by atoms with Gasteiger partial charge in [0.05, 0.1) is 17.0 Å². The lowest BCUT2D eigenvalue weighted by Gasteiger charge is -2.21. The SMILES string of the molecule is CCN(CC)S(=O)(=O)c1cc(NC(=O)C(C)NC(C)c2ccc(C)o2)ccc1C. The van der Waals surface area contributed by atoms with Crippen molar-refractivity contribution in [2.75, 3.05) is 18.4 Å². The summed E-state index contributed by atoms with van der Waals surface area (Å²) < 4.78 is 32.8. The summed E-state index contributed by atoms with van der Waals surface area (Å²) in [7, 11) is -3.61. The number of nitrogens with zero attached hydrogens (tertiary/aromatic N) is 1. The summed E-state index contributed by atoms with van der Waals surface area (Å²) in [5.74, 6) is 1.31. The van der Waals surface area contributed by atoms with E-state index >= 15 is 0 Å². The molecule has 0 aliphatic carbocycles. The zero-order valence-electron chi connectivity index (χ0n) is 17.9. The first-order valence-corrected chi connectivity index (χ1v) is 11.3. The zero-order valence-corrected chi connectivity index (χ0v) is 18.8. The highest BCUT2D eigenvalue weighted by molar-refractivity contribution is 7.89. The van der Waals surface area contributed by atoms with Crippen molar-refractivity contribution >= 4 is 21.6 Å². The predicted molar refractivity (Wildman–Crippen MR) is 114 cm³/mol. The third-order valence-corrected chi connectivity index (χ3v) is 7.05. The number of anilines is 1. The molecule has 0 saturated carbocycles. The van der Waals surface area contributed by atoms with E-state index in [-0.39, 0.29) is 16.8 Å². The molecule has 0 saturated heterocycles. The molecule has 0 spiro atoms. The zero-order chi connectivity index (χ0) is 21.8. The lowest BCUT2D eigenvalue weighted by atomic mass is 10.2. The largest absolute Gasteiger partial charge is 0.465 e. The van der Waals surface area contributed by atoms with Gasteiger partial charge in [0.1, 0.15) is 11.5 Å². The minimum Gasteiger partial charge on any atom is -0.465 e. The van der Waals surface area contributed by atoms with Crippen LogP contribution in [0.5, 0.6) is 0 Å². The quantitative estimate of drug-likeness (QED) is 0.645. The Morgan fingerprint density at radius 3 is 2.31 bits per heavy atom. The van der Waals surface area contributed by atoms with Gasteiger partial charge in [0, 0.05) is 18.8 Å². The number of aryl methyl sites for hydroxylation is 2. The maximum Gasteiger partial charge on any atom is 0.243 e. The Morgan fingerprint density at radius 2 is 1.76 bits per heavy atom. The van der Waals surface area contributed by atoms with Gasteiger partial charge in [-0.2, -0.15) is 4.31 Å². The summed E-state index contributed by atoms with van der Waals surface area (Å²) in [4.78, 5) is 12.8. The van der Waals surface area contributed by atoms with E-state index in [1.165, 1.54) is 10.4 Å². The Balaban J connectivity index is 2.14. The van der Waals surface area contributed by atoms with Crippen LogP contribution in [0.15, 0.2) is 39.6 Å². The van der Waals surface area contributed by atoms with Crippen LogP contribution in [0, 0.1) is 13.8 Å². The minimum absolute atomic E-state index is 0.138. The molecule has 1 heterocycles. The molecule has 29 heavy (non-hydrogen) atoms. The van der Waals surface area contributed by atoms with Gasteiger partial charge in [-0.3, -0.25) is 10.1 Å². The van der Waals surface area contributed by atoms with Crippen LogP contribution in [0.3, 0.4) is 0 Å². The predicted octanol–water partition coefficient (Wildman–Crippen LogP) is 3.60. The van der Waals surface area contributed by atoms with Gasteiger partial charge in [-0.25, -0.2) is 8.42 Å². The maximum atomic E-state index is 12.9. The molecule has 1 amide bonds. The van der Waals surface area contributed by atoms with Crippen LogP contribution in [0.2, 0.25) is 0 Å². The molecule has 160 valence electrons. The lowest BCUT2D eigenvalue weighted by molar-refractivity contribution is -0.118. The van der Waals surface area contributed by atoms with Crippen molar-refractivity contribution in [2.45, 2.75) is 58.5 Å². The van der Waals surface area contributed by atoms with Crippen molar-refractivity contribution in [2.24, 2.45) is 0 Å². The average Bonchev–Trinajstić information content (AvgIpc) is 3.10.